The number of amides is 2. The Balaban J connectivity index is 1.34. The fraction of sp³-hybridized carbons (Fsp3) is 0.241. The molecule has 2 amide bonds. The third-order valence-electron chi connectivity index (χ3n) is 6.78. The van der Waals surface area contributed by atoms with Crippen LogP contribution in [0.15, 0.2) is 66.7 Å². The summed E-state index contributed by atoms with van der Waals surface area (Å²) < 4.78 is 13.5. The molecule has 0 radical (unpaired) electrons. The SMILES string of the molecule is Cc1c(NC(=O)CCc2c(-c3ccc(F)cc3)[nH]c3ccccc23)cccc1C(=O)N1CCCC1. The second-order valence-corrected chi connectivity index (χ2v) is 9.06. The van der Waals surface area contributed by atoms with E-state index in [0.29, 0.717) is 17.7 Å². The van der Waals surface area contributed by atoms with Gasteiger partial charge in [-0.05, 0) is 85.3 Å². The minimum absolute atomic E-state index is 0.0267. The average molecular weight is 470 g/mol. The molecule has 1 aromatic heterocycles. The van der Waals surface area contributed by atoms with Crippen LogP contribution in [0.4, 0.5) is 10.1 Å². The van der Waals surface area contributed by atoms with Gasteiger partial charge in [0.05, 0.1) is 0 Å². The van der Waals surface area contributed by atoms with Crippen LogP contribution >= 0.6 is 0 Å². The third kappa shape index (κ3) is 4.69. The van der Waals surface area contributed by atoms with Crippen molar-refractivity contribution in [2.45, 2.75) is 32.6 Å². The highest BCUT2D eigenvalue weighted by Gasteiger charge is 2.22. The number of hydrogen-bond acceptors (Lipinski definition) is 2. The lowest BCUT2D eigenvalue weighted by Crippen LogP contribution is -2.28. The number of aryl methyl sites for hydroxylation is 1. The van der Waals surface area contributed by atoms with Crippen LogP contribution in [0.25, 0.3) is 22.2 Å². The number of para-hydroxylation sites is 1. The maximum absolute atomic E-state index is 13.5. The number of aromatic nitrogens is 1. The highest BCUT2D eigenvalue weighted by atomic mass is 19.1. The third-order valence-corrected chi connectivity index (χ3v) is 6.78. The van der Waals surface area contributed by atoms with E-state index in [0.717, 1.165) is 59.2 Å². The number of fused-ring (bicyclic) bond motifs is 1. The second-order valence-electron chi connectivity index (χ2n) is 9.06. The number of carbonyl (C=O) groups excluding carboxylic acids is 2. The molecule has 6 heteroatoms. The summed E-state index contributed by atoms with van der Waals surface area (Å²) in [4.78, 5) is 31.2. The molecule has 4 aromatic rings. The van der Waals surface area contributed by atoms with Gasteiger partial charge in [-0.25, -0.2) is 4.39 Å². The van der Waals surface area contributed by atoms with Gasteiger partial charge in [0.25, 0.3) is 5.91 Å². The van der Waals surface area contributed by atoms with Crippen molar-refractivity contribution >= 4 is 28.4 Å². The van der Waals surface area contributed by atoms with Gasteiger partial charge in [-0.15, -0.1) is 0 Å². The van der Waals surface area contributed by atoms with E-state index in [9.17, 15) is 14.0 Å². The number of rotatable bonds is 6. The Labute approximate surface area is 204 Å². The van der Waals surface area contributed by atoms with Crippen molar-refractivity contribution in [2.24, 2.45) is 0 Å². The fourth-order valence-electron chi connectivity index (χ4n) is 4.87. The summed E-state index contributed by atoms with van der Waals surface area (Å²) >= 11 is 0. The lowest BCUT2D eigenvalue weighted by molar-refractivity contribution is -0.116. The Bertz CT molecular complexity index is 1390. The van der Waals surface area contributed by atoms with Crippen molar-refractivity contribution in [3.8, 4) is 11.3 Å². The number of anilines is 1. The lowest BCUT2D eigenvalue weighted by atomic mass is 10.0. The normalized spacial score (nSPS) is 13.4. The lowest BCUT2D eigenvalue weighted by Gasteiger charge is -2.18. The van der Waals surface area contributed by atoms with Gasteiger partial charge in [-0.3, -0.25) is 9.59 Å². The smallest absolute Gasteiger partial charge is 0.254 e. The number of nitrogens with zero attached hydrogens (tertiary/aromatic N) is 1. The molecule has 2 N–H and O–H groups in total. The molecule has 0 unspecified atom stereocenters. The van der Waals surface area contributed by atoms with Crippen LogP contribution in [-0.2, 0) is 11.2 Å². The van der Waals surface area contributed by atoms with Crippen LogP contribution in [0.3, 0.4) is 0 Å². The predicted molar refractivity (Wildman–Crippen MR) is 137 cm³/mol. The van der Waals surface area contributed by atoms with Gasteiger partial charge in [-0.1, -0.05) is 24.3 Å². The highest BCUT2D eigenvalue weighted by molar-refractivity contribution is 6.00. The molecule has 35 heavy (non-hydrogen) atoms. The summed E-state index contributed by atoms with van der Waals surface area (Å²) in [6, 6.07) is 19.8. The fourth-order valence-corrected chi connectivity index (χ4v) is 4.87. The molecule has 5 rings (SSSR count). The van der Waals surface area contributed by atoms with Crippen LogP contribution in [0, 0.1) is 12.7 Å². The minimum Gasteiger partial charge on any atom is -0.354 e. The number of nitrogens with one attached hydrogen (secondary N) is 2. The van der Waals surface area contributed by atoms with E-state index in [4.69, 9.17) is 0 Å². The molecule has 2 heterocycles. The van der Waals surface area contributed by atoms with E-state index in [-0.39, 0.29) is 24.1 Å². The predicted octanol–water partition coefficient (Wildman–Crippen LogP) is 6.09. The molecular weight excluding hydrogens is 441 g/mol. The summed E-state index contributed by atoms with van der Waals surface area (Å²) in [5, 5.41) is 4.05. The van der Waals surface area contributed by atoms with Crippen molar-refractivity contribution in [1.29, 1.82) is 0 Å². The first kappa shape index (κ1) is 22.8. The number of likely N-dealkylation sites (tertiary alicyclic amines) is 1. The molecule has 1 fully saturated rings. The summed E-state index contributed by atoms with van der Waals surface area (Å²) in [6.45, 7) is 3.46. The Morgan fingerprint density at radius 2 is 1.71 bits per heavy atom. The largest absolute Gasteiger partial charge is 0.354 e. The van der Waals surface area contributed by atoms with E-state index in [1.165, 1.54) is 12.1 Å². The molecular formula is C29H28FN3O2. The number of hydrogen-bond donors (Lipinski definition) is 2. The van der Waals surface area contributed by atoms with Crippen molar-refractivity contribution < 1.29 is 14.0 Å². The Morgan fingerprint density at radius 3 is 2.49 bits per heavy atom. The van der Waals surface area contributed by atoms with Crippen molar-refractivity contribution in [3.05, 3.63) is 89.2 Å². The summed E-state index contributed by atoms with van der Waals surface area (Å²) in [5.41, 5.74) is 5.87. The summed E-state index contributed by atoms with van der Waals surface area (Å²) in [6.07, 6.45) is 2.87. The first-order valence-electron chi connectivity index (χ1n) is 12.1. The van der Waals surface area contributed by atoms with Crippen LogP contribution in [-0.4, -0.2) is 34.8 Å². The molecule has 0 bridgehead atoms. The number of aromatic amines is 1. The van der Waals surface area contributed by atoms with Crippen molar-refractivity contribution in [1.82, 2.24) is 9.88 Å². The van der Waals surface area contributed by atoms with Crippen molar-refractivity contribution in [2.75, 3.05) is 18.4 Å². The van der Waals surface area contributed by atoms with E-state index in [2.05, 4.69) is 10.3 Å². The van der Waals surface area contributed by atoms with Crippen LogP contribution in [0.2, 0.25) is 0 Å². The van der Waals surface area contributed by atoms with Gasteiger partial charge >= 0.3 is 0 Å². The Kier molecular flexibility index (Phi) is 6.36. The zero-order chi connectivity index (χ0) is 24.4. The first-order chi connectivity index (χ1) is 17.0. The van der Waals surface area contributed by atoms with E-state index in [1.54, 1.807) is 12.1 Å². The molecule has 0 spiro atoms. The number of benzene rings is 3. The maximum atomic E-state index is 13.5. The van der Waals surface area contributed by atoms with E-state index in [1.807, 2.05) is 54.3 Å². The van der Waals surface area contributed by atoms with Gasteiger partial charge in [0.2, 0.25) is 5.91 Å². The minimum atomic E-state index is -0.286. The summed E-state index contributed by atoms with van der Waals surface area (Å²) in [7, 11) is 0. The van der Waals surface area contributed by atoms with E-state index >= 15 is 0 Å². The van der Waals surface area contributed by atoms with Crippen molar-refractivity contribution in [3.63, 3.8) is 0 Å². The molecule has 1 aliphatic rings. The molecule has 1 saturated heterocycles. The standard InChI is InChI=1S/C29H28FN3O2/c1-19-22(29(35)33-17-4-5-18-33)8-6-10-25(19)31-27(34)16-15-24-23-7-2-3-9-26(23)32-28(24)20-11-13-21(30)14-12-20/h2-3,6-14,32H,4-5,15-18H2,1H3,(H,31,34). The van der Waals surface area contributed by atoms with Crippen LogP contribution < -0.4 is 5.32 Å². The zero-order valence-corrected chi connectivity index (χ0v) is 19.7. The molecule has 0 aliphatic carbocycles. The number of halogens is 1. The van der Waals surface area contributed by atoms with Crippen LogP contribution in [0.5, 0.6) is 0 Å². The maximum Gasteiger partial charge on any atom is 0.254 e. The van der Waals surface area contributed by atoms with Gasteiger partial charge in [0, 0.05) is 47.4 Å². The zero-order valence-electron chi connectivity index (χ0n) is 19.7. The molecule has 5 nitrogen and oxygen atoms in total. The average Bonchev–Trinajstić information content (AvgIpc) is 3.53. The molecule has 0 saturated carbocycles. The second kappa shape index (κ2) is 9.74. The number of H-pyrrole nitrogens is 1. The van der Waals surface area contributed by atoms with Crippen LogP contribution in [0.1, 0.15) is 40.7 Å². The molecule has 1 aliphatic heterocycles. The quantitative estimate of drug-likeness (QED) is 0.359. The monoisotopic (exact) mass is 469 g/mol. The molecule has 178 valence electrons. The summed E-state index contributed by atoms with van der Waals surface area (Å²) in [5.74, 6) is -0.375. The molecule has 3 aromatic carbocycles. The number of carbonyl (C=O) groups is 2. The Morgan fingerprint density at radius 1 is 0.971 bits per heavy atom. The highest BCUT2D eigenvalue weighted by Crippen LogP contribution is 2.32. The van der Waals surface area contributed by atoms with E-state index < -0.39 is 0 Å². The van der Waals surface area contributed by atoms with Gasteiger partial charge < -0.3 is 15.2 Å². The topological polar surface area (TPSA) is 65.2 Å². The first-order valence-corrected chi connectivity index (χ1v) is 12.1. The van der Waals surface area contributed by atoms with Gasteiger partial charge in [-0.2, -0.15) is 0 Å². The van der Waals surface area contributed by atoms with Gasteiger partial charge in [0.1, 0.15) is 5.82 Å². The molecule has 0 atom stereocenters. The van der Waals surface area contributed by atoms with Gasteiger partial charge in [0.15, 0.2) is 0 Å². The Hall–Kier alpha value is -3.93.